The van der Waals surface area contributed by atoms with Crippen LogP contribution in [0.25, 0.3) is 139 Å². The van der Waals surface area contributed by atoms with E-state index in [0.717, 1.165) is 105 Å². The first-order chi connectivity index (χ1) is 37.6. The van der Waals surface area contributed by atoms with Crippen LogP contribution in [0.3, 0.4) is 0 Å². The van der Waals surface area contributed by atoms with Crippen LogP contribution in [0, 0.1) is 0 Å². The average molecular weight is 973 g/mol. The lowest BCUT2D eigenvalue weighted by atomic mass is 9.96. The number of aromatic nitrogens is 8. The minimum atomic E-state index is 0.494. The molecule has 0 atom stereocenters. The van der Waals surface area contributed by atoms with E-state index in [1.165, 1.54) is 0 Å². The van der Waals surface area contributed by atoms with Gasteiger partial charge in [0.2, 0.25) is 0 Å². The van der Waals surface area contributed by atoms with Crippen LogP contribution in [0.4, 0.5) is 0 Å². The fraction of sp³-hybridized carbons (Fsp3) is 0. The van der Waals surface area contributed by atoms with Gasteiger partial charge in [0.1, 0.15) is 22.4 Å². The zero-order valence-electron chi connectivity index (χ0n) is 41.1. The summed E-state index contributed by atoms with van der Waals surface area (Å²) in [7, 11) is 0. The van der Waals surface area contributed by atoms with Crippen molar-refractivity contribution >= 4 is 49.2 Å². The highest BCUT2D eigenvalue weighted by atomic mass is 14.9. The molecule has 6 heterocycles. The van der Waals surface area contributed by atoms with Crippen LogP contribution in [-0.4, -0.2) is 39.9 Å². The van der Waals surface area contributed by atoms with E-state index in [0.29, 0.717) is 39.9 Å². The molecule has 76 heavy (non-hydrogen) atoms. The number of allylic oxidation sites excluding steroid dienone is 4. The van der Waals surface area contributed by atoms with Gasteiger partial charge in [-0.25, -0.2) is 29.9 Å². The van der Waals surface area contributed by atoms with Crippen LogP contribution >= 0.6 is 0 Å². The highest BCUT2D eigenvalue weighted by Crippen LogP contribution is 2.40. The molecule has 6 aromatic heterocycles. The molecule has 0 unspecified atom stereocenters. The monoisotopic (exact) mass is 972 g/mol. The summed E-state index contributed by atoms with van der Waals surface area (Å²) in [6, 6.07) is 72.4. The number of hydrogen-bond acceptors (Lipinski definition) is 8. The summed E-state index contributed by atoms with van der Waals surface area (Å²) in [5.41, 5.74) is 17.3. The van der Waals surface area contributed by atoms with Crippen LogP contribution in [-0.2, 0) is 0 Å². The van der Waals surface area contributed by atoms with Gasteiger partial charge in [-0.15, -0.1) is 0 Å². The molecule has 0 spiro atoms. The first kappa shape index (κ1) is 45.4. The van der Waals surface area contributed by atoms with Gasteiger partial charge < -0.3 is 0 Å². The zero-order valence-corrected chi connectivity index (χ0v) is 41.1. The largest absolute Gasteiger partial charge is 0.254 e. The van der Waals surface area contributed by atoms with Gasteiger partial charge >= 0.3 is 0 Å². The Morgan fingerprint density at radius 1 is 0.329 bits per heavy atom. The lowest BCUT2D eigenvalue weighted by Gasteiger charge is -2.15. The maximum atomic E-state index is 5.36. The van der Waals surface area contributed by atoms with Gasteiger partial charge in [-0.3, -0.25) is 9.97 Å². The topological polar surface area (TPSA) is 103 Å². The molecule has 0 amide bonds. The van der Waals surface area contributed by atoms with Crippen molar-refractivity contribution in [1.82, 2.24) is 39.9 Å². The Balaban J connectivity index is 0.925. The second kappa shape index (κ2) is 19.5. The number of pyridine rings is 4. The number of fused-ring (bicyclic) bond motifs is 6. The standard InChI is InChI=1S/C68H44N8/c1-3-20-43(4-2)67-73-61(53-35-33-51-55(44-21-10-5-11-22-44)39-59(46-25-14-7-15-26-46)71-63(51)65(53)75-67)57-37-31-49(41-69-57)50-32-38-58(70-42-50)62-54-36-34-52-56(45-23-12-6-13-24-45)40-60(47-27-16-8-17-28-47)72-64(52)66(54)76-68(74-62)48-29-18-9-19-30-48/h3-42H,1-2H2/b43-20+. The minimum absolute atomic E-state index is 0.494. The van der Waals surface area contributed by atoms with Gasteiger partial charge in [-0.2, -0.15) is 0 Å². The first-order valence-corrected chi connectivity index (χ1v) is 25.1. The summed E-state index contributed by atoms with van der Waals surface area (Å²) in [4.78, 5) is 41.8. The number of benzene rings is 7. The van der Waals surface area contributed by atoms with Crippen molar-refractivity contribution in [3.05, 3.63) is 262 Å². The summed E-state index contributed by atoms with van der Waals surface area (Å²) in [5.74, 6) is 1.08. The molecule has 13 rings (SSSR count). The Kier molecular flexibility index (Phi) is 11.7. The molecule has 0 fully saturated rings. The molecular formula is C68H44N8. The molecule has 0 N–H and O–H groups in total. The van der Waals surface area contributed by atoms with E-state index in [-0.39, 0.29) is 0 Å². The third-order valence-electron chi connectivity index (χ3n) is 13.8. The van der Waals surface area contributed by atoms with Gasteiger partial charge in [0.05, 0.1) is 33.8 Å². The van der Waals surface area contributed by atoms with E-state index in [4.69, 9.17) is 39.9 Å². The third kappa shape index (κ3) is 8.35. The van der Waals surface area contributed by atoms with Crippen LogP contribution in [0.15, 0.2) is 256 Å². The maximum absolute atomic E-state index is 5.36. The van der Waals surface area contributed by atoms with Crippen LogP contribution in [0.5, 0.6) is 0 Å². The smallest absolute Gasteiger partial charge is 0.160 e. The Bertz CT molecular complexity index is 4380. The molecule has 356 valence electrons. The lowest BCUT2D eigenvalue weighted by Crippen LogP contribution is -2.01. The van der Waals surface area contributed by atoms with E-state index < -0.39 is 0 Å². The molecule has 0 aliphatic carbocycles. The molecule has 7 aromatic carbocycles. The second-order valence-electron chi connectivity index (χ2n) is 18.4. The van der Waals surface area contributed by atoms with Crippen molar-refractivity contribution in [3.8, 4) is 90.1 Å². The highest BCUT2D eigenvalue weighted by molar-refractivity contribution is 6.14. The quantitative estimate of drug-likeness (QED) is 0.0933. The van der Waals surface area contributed by atoms with Crippen molar-refractivity contribution in [3.63, 3.8) is 0 Å². The number of nitrogens with zero attached hydrogens (tertiary/aromatic N) is 8. The third-order valence-corrected chi connectivity index (χ3v) is 13.8. The normalized spacial score (nSPS) is 11.6. The predicted octanol–water partition coefficient (Wildman–Crippen LogP) is 16.6. The first-order valence-electron chi connectivity index (χ1n) is 25.1. The molecule has 8 heteroatoms. The fourth-order valence-electron chi connectivity index (χ4n) is 9.99. The van der Waals surface area contributed by atoms with Gasteiger partial charge in [0, 0.05) is 67.3 Å². The summed E-state index contributed by atoms with van der Waals surface area (Å²) < 4.78 is 0. The summed E-state index contributed by atoms with van der Waals surface area (Å²) in [5, 5.41) is 3.65. The van der Waals surface area contributed by atoms with Gasteiger partial charge in [0.15, 0.2) is 11.6 Å². The van der Waals surface area contributed by atoms with Crippen molar-refractivity contribution in [1.29, 1.82) is 0 Å². The van der Waals surface area contributed by atoms with E-state index >= 15 is 0 Å². The van der Waals surface area contributed by atoms with Gasteiger partial charge in [-0.1, -0.05) is 207 Å². The van der Waals surface area contributed by atoms with E-state index in [9.17, 15) is 0 Å². The summed E-state index contributed by atoms with van der Waals surface area (Å²) in [6.07, 6.45) is 9.08. The minimum Gasteiger partial charge on any atom is -0.254 e. The Morgan fingerprint density at radius 3 is 1.17 bits per heavy atom. The van der Waals surface area contributed by atoms with Crippen molar-refractivity contribution in [2.75, 3.05) is 0 Å². The molecule has 8 nitrogen and oxygen atoms in total. The fourth-order valence-corrected chi connectivity index (χ4v) is 9.99. The number of rotatable bonds is 11. The van der Waals surface area contributed by atoms with Gasteiger partial charge in [-0.05, 0) is 58.7 Å². The second-order valence-corrected chi connectivity index (χ2v) is 18.4. The van der Waals surface area contributed by atoms with Crippen LogP contribution in [0.2, 0.25) is 0 Å². The predicted molar refractivity (Wildman–Crippen MR) is 311 cm³/mol. The lowest BCUT2D eigenvalue weighted by molar-refractivity contribution is 1.16. The molecule has 0 radical (unpaired) electrons. The Morgan fingerprint density at radius 2 is 0.737 bits per heavy atom. The molecule has 0 aliphatic heterocycles. The van der Waals surface area contributed by atoms with Gasteiger partial charge in [0.25, 0.3) is 0 Å². The van der Waals surface area contributed by atoms with E-state index in [1.54, 1.807) is 12.2 Å². The zero-order chi connectivity index (χ0) is 51.0. The molecule has 0 saturated heterocycles. The highest BCUT2D eigenvalue weighted by Gasteiger charge is 2.21. The molecule has 0 aliphatic rings. The summed E-state index contributed by atoms with van der Waals surface area (Å²) in [6.45, 7) is 8.07. The van der Waals surface area contributed by atoms with Crippen molar-refractivity contribution in [2.45, 2.75) is 0 Å². The average Bonchev–Trinajstić information content (AvgIpc) is 3.54. The van der Waals surface area contributed by atoms with Crippen molar-refractivity contribution in [2.24, 2.45) is 0 Å². The summed E-state index contributed by atoms with van der Waals surface area (Å²) >= 11 is 0. The SMILES string of the molecule is C=C/C=C(\C=C)c1nc(-c2ccc(-c3ccc(-c4nc(-c5ccccc5)nc5c4ccc4c(-c6ccccc6)cc(-c6ccccc6)nc45)nc3)cn2)c2ccc3c(-c4ccccc4)cc(-c4ccccc4)nc3c2n1. The van der Waals surface area contributed by atoms with Crippen molar-refractivity contribution < 1.29 is 0 Å². The van der Waals surface area contributed by atoms with Crippen LogP contribution < -0.4 is 0 Å². The van der Waals surface area contributed by atoms with Crippen LogP contribution in [0.1, 0.15) is 5.82 Å². The maximum Gasteiger partial charge on any atom is 0.160 e. The van der Waals surface area contributed by atoms with E-state index in [2.05, 4.69) is 134 Å². The molecular weight excluding hydrogens is 929 g/mol. The van der Waals surface area contributed by atoms with E-state index in [1.807, 2.05) is 109 Å². The Hall–Kier alpha value is -10.4. The number of hydrogen-bond donors (Lipinski definition) is 0. The molecule has 13 aromatic rings. The Labute approximate surface area is 438 Å². The molecule has 0 saturated carbocycles. The molecule has 0 bridgehead atoms.